The van der Waals surface area contributed by atoms with Gasteiger partial charge in [-0.15, -0.1) is 0 Å². The molecular weight excluding hydrogens is 365 g/mol. The second-order valence-electron chi connectivity index (χ2n) is 3.81. The van der Waals surface area contributed by atoms with Crippen molar-refractivity contribution in [1.82, 2.24) is 9.78 Å². The second-order valence-corrected chi connectivity index (χ2v) is 5.41. The largest absolute Gasteiger partial charge is 0.394 e. The van der Waals surface area contributed by atoms with Gasteiger partial charge in [-0.3, -0.25) is 4.68 Å². The van der Waals surface area contributed by atoms with Crippen LogP contribution >= 0.6 is 34.2 Å². The number of hydrogen-bond donors (Lipinski definition) is 2. The smallest absolute Gasteiger partial charge is 0.0640 e. The van der Waals surface area contributed by atoms with Gasteiger partial charge in [0, 0.05) is 32.6 Å². The van der Waals surface area contributed by atoms with Gasteiger partial charge < -0.3 is 10.4 Å². The van der Waals surface area contributed by atoms with Crippen LogP contribution in [0.5, 0.6) is 0 Å². The summed E-state index contributed by atoms with van der Waals surface area (Å²) in [6, 6.07) is 5.74. The summed E-state index contributed by atoms with van der Waals surface area (Å²) in [5.74, 6) is 0. The van der Waals surface area contributed by atoms with E-state index >= 15 is 0 Å². The first-order valence-corrected chi connectivity index (χ1v) is 6.96. The Hall–Kier alpha value is -0.790. The minimum atomic E-state index is 0.101. The maximum atomic E-state index is 8.81. The topological polar surface area (TPSA) is 50.1 Å². The number of anilines is 1. The molecule has 0 saturated carbocycles. The Kier molecular flexibility index (Phi) is 4.85. The summed E-state index contributed by atoms with van der Waals surface area (Å²) in [4.78, 5) is 0. The highest BCUT2D eigenvalue weighted by Crippen LogP contribution is 2.22. The van der Waals surface area contributed by atoms with Crippen LogP contribution in [0.15, 0.2) is 30.6 Å². The molecule has 0 aliphatic rings. The van der Waals surface area contributed by atoms with Gasteiger partial charge in [0.05, 0.1) is 19.3 Å². The van der Waals surface area contributed by atoms with E-state index in [9.17, 15) is 0 Å². The number of nitrogens with zero attached hydrogens (tertiary/aromatic N) is 2. The Labute approximate surface area is 124 Å². The molecule has 2 rings (SSSR count). The summed E-state index contributed by atoms with van der Waals surface area (Å²) in [6.07, 6.45) is 3.72. The number of hydrogen-bond acceptors (Lipinski definition) is 3. The minimum Gasteiger partial charge on any atom is -0.394 e. The molecule has 0 saturated heterocycles. The van der Waals surface area contributed by atoms with Crippen LogP contribution in [0.2, 0.25) is 5.02 Å². The van der Waals surface area contributed by atoms with Crippen molar-refractivity contribution in [1.29, 1.82) is 0 Å². The van der Waals surface area contributed by atoms with Gasteiger partial charge in [0.2, 0.25) is 0 Å². The zero-order valence-electron chi connectivity index (χ0n) is 9.61. The van der Waals surface area contributed by atoms with Gasteiger partial charge in [0.25, 0.3) is 0 Å². The molecule has 0 amide bonds. The highest BCUT2D eigenvalue weighted by atomic mass is 127. The second kappa shape index (κ2) is 6.40. The Morgan fingerprint density at radius 1 is 1.44 bits per heavy atom. The van der Waals surface area contributed by atoms with Gasteiger partial charge in [0.15, 0.2) is 0 Å². The summed E-state index contributed by atoms with van der Waals surface area (Å²) in [6.45, 7) is 1.32. The molecule has 18 heavy (non-hydrogen) atoms. The Balaban J connectivity index is 1.97. The first kappa shape index (κ1) is 13.6. The van der Waals surface area contributed by atoms with E-state index in [4.69, 9.17) is 16.7 Å². The predicted octanol–water partition coefficient (Wildman–Crippen LogP) is 2.75. The highest BCUT2D eigenvalue weighted by molar-refractivity contribution is 14.1. The summed E-state index contributed by atoms with van der Waals surface area (Å²) in [5, 5.41) is 17.0. The monoisotopic (exact) mass is 377 g/mol. The number of rotatable bonds is 5. The Morgan fingerprint density at radius 2 is 2.28 bits per heavy atom. The van der Waals surface area contributed by atoms with Crippen molar-refractivity contribution in [2.24, 2.45) is 0 Å². The molecule has 4 nitrogen and oxygen atoms in total. The van der Waals surface area contributed by atoms with Gasteiger partial charge >= 0.3 is 0 Å². The fourth-order valence-corrected chi connectivity index (χ4v) is 2.61. The lowest BCUT2D eigenvalue weighted by molar-refractivity contribution is 0.269. The van der Waals surface area contributed by atoms with Crippen LogP contribution in [-0.2, 0) is 13.1 Å². The standard InChI is InChI=1S/C12H13ClIN3O/c13-10-1-2-12(11(14)5-10)15-6-9-7-16-17(8-9)3-4-18/h1-2,5,7-8,15,18H,3-4,6H2. The molecular formula is C12H13ClIN3O. The Bertz CT molecular complexity index is 530. The quantitative estimate of drug-likeness (QED) is 0.788. The lowest BCUT2D eigenvalue weighted by Gasteiger charge is -2.07. The third kappa shape index (κ3) is 3.60. The van der Waals surface area contributed by atoms with Crippen molar-refractivity contribution in [3.63, 3.8) is 0 Å². The number of halogens is 2. The highest BCUT2D eigenvalue weighted by Gasteiger charge is 2.02. The van der Waals surface area contributed by atoms with Crippen LogP contribution in [0.4, 0.5) is 5.69 Å². The lowest BCUT2D eigenvalue weighted by atomic mass is 10.3. The zero-order valence-corrected chi connectivity index (χ0v) is 12.5. The molecule has 0 fully saturated rings. The van der Waals surface area contributed by atoms with Crippen LogP contribution in [0, 0.1) is 3.57 Å². The first-order chi connectivity index (χ1) is 8.69. The van der Waals surface area contributed by atoms with Gasteiger partial charge in [-0.1, -0.05) is 11.6 Å². The third-order valence-electron chi connectivity index (χ3n) is 2.43. The molecule has 0 atom stereocenters. The fourth-order valence-electron chi connectivity index (χ4n) is 1.55. The molecule has 1 aromatic heterocycles. The average molecular weight is 378 g/mol. The molecule has 6 heteroatoms. The van der Waals surface area contributed by atoms with Crippen molar-refractivity contribution in [2.45, 2.75) is 13.1 Å². The van der Waals surface area contributed by atoms with Crippen molar-refractivity contribution >= 4 is 39.9 Å². The summed E-state index contributed by atoms with van der Waals surface area (Å²) in [5.41, 5.74) is 2.13. The van der Waals surface area contributed by atoms with Gasteiger partial charge in [-0.2, -0.15) is 5.10 Å². The number of benzene rings is 1. The number of aromatic nitrogens is 2. The van der Waals surface area contributed by atoms with Crippen molar-refractivity contribution in [2.75, 3.05) is 11.9 Å². The molecule has 1 heterocycles. The van der Waals surface area contributed by atoms with E-state index in [2.05, 4.69) is 33.0 Å². The molecule has 0 aliphatic heterocycles. The summed E-state index contributed by atoms with van der Waals surface area (Å²) in [7, 11) is 0. The molecule has 96 valence electrons. The molecule has 2 N–H and O–H groups in total. The lowest BCUT2D eigenvalue weighted by Crippen LogP contribution is -2.02. The minimum absolute atomic E-state index is 0.101. The van der Waals surface area contributed by atoms with E-state index < -0.39 is 0 Å². The van der Waals surface area contributed by atoms with Crippen molar-refractivity contribution < 1.29 is 5.11 Å². The van der Waals surface area contributed by atoms with E-state index in [1.54, 1.807) is 10.9 Å². The maximum Gasteiger partial charge on any atom is 0.0640 e. The van der Waals surface area contributed by atoms with Crippen molar-refractivity contribution in [3.8, 4) is 0 Å². The number of aliphatic hydroxyl groups is 1. The number of aliphatic hydroxyl groups excluding tert-OH is 1. The van der Waals surface area contributed by atoms with Gasteiger partial charge in [-0.05, 0) is 40.8 Å². The van der Waals surface area contributed by atoms with Crippen LogP contribution in [0.1, 0.15) is 5.56 Å². The SMILES string of the molecule is OCCn1cc(CNc2ccc(Cl)cc2I)cn1. The molecule has 2 aromatic rings. The number of nitrogens with one attached hydrogen (secondary N) is 1. The predicted molar refractivity (Wildman–Crippen MR) is 80.8 cm³/mol. The van der Waals surface area contributed by atoms with Crippen LogP contribution in [-0.4, -0.2) is 21.5 Å². The molecule has 0 aliphatic carbocycles. The van der Waals surface area contributed by atoms with E-state index in [0.717, 1.165) is 19.8 Å². The van der Waals surface area contributed by atoms with Crippen molar-refractivity contribution in [3.05, 3.63) is 44.7 Å². The zero-order chi connectivity index (χ0) is 13.0. The first-order valence-electron chi connectivity index (χ1n) is 5.50. The Morgan fingerprint density at radius 3 is 3.00 bits per heavy atom. The molecule has 0 radical (unpaired) electrons. The normalized spacial score (nSPS) is 10.6. The molecule has 0 spiro atoms. The maximum absolute atomic E-state index is 8.81. The van der Waals surface area contributed by atoms with E-state index in [0.29, 0.717) is 13.1 Å². The summed E-state index contributed by atoms with van der Waals surface area (Å²) >= 11 is 8.15. The van der Waals surface area contributed by atoms with E-state index in [1.807, 2.05) is 24.4 Å². The average Bonchev–Trinajstić information content (AvgIpc) is 2.76. The van der Waals surface area contributed by atoms with Gasteiger partial charge in [-0.25, -0.2) is 0 Å². The fraction of sp³-hybridized carbons (Fsp3) is 0.250. The molecule has 1 aromatic carbocycles. The van der Waals surface area contributed by atoms with Crippen LogP contribution in [0.25, 0.3) is 0 Å². The van der Waals surface area contributed by atoms with Crippen LogP contribution < -0.4 is 5.32 Å². The summed E-state index contributed by atoms with van der Waals surface area (Å²) < 4.78 is 2.81. The third-order valence-corrected chi connectivity index (χ3v) is 3.56. The van der Waals surface area contributed by atoms with E-state index in [-0.39, 0.29) is 6.61 Å². The molecule has 0 unspecified atom stereocenters. The van der Waals surface area contributed by atoms with Gasteiger partial charge in [0.1, 0.15) is 0 Å². The van der Waals surface area contributed by atoms with Crippen LogP contribution in [0.3, 0.4) is 0 Å². The molecule has 0 bridgehead atoms. The van der Waals surface area contributed by atoms with E-state index in [1.165, 1.54) is 0 Å².